The summed E-state index contributed by atoms with van der Waals surface area (Å²) in [4.78, 5) is 2.29. The van der Waals surface area contributed by atoms with Crippen LogP contribution in [0.2, 0.25) is 0 Å². The number of fused-ring (bicyclic) bond motifs is 1. The van der Waals surface area contributed by atoms with Gasteiger partial charge in [-0.1, -0.05) is 25.1 Å². The van der Waals surface area contributed by atoms with Gasteiger partial charge in [0.15, 0.2) is 0 Å². The quantitative estimate of drug-likeness (QED) is 0.845. The zero-order valence-corrected chi connectivity index (χ0v) is 9.72. The van der Waals surface area contributed by atoms with E-state index in [-0.39, 0.29) is 6.61 Å². The number of hydrogen-bond donors (Lipinski definition) is 1. The molecule has 0 aromatic heterocycles. The number of benzene rings is 1. The van der Waals surface area contributed by atoms with E-state index >= 15 is 0 Å². The molecule has 2 rings (SSSR count). The Morgan fingerprint density at radius 1 is 1.44 bits per heavy atom. The van der Waals surface area contributed by atoms with Gasteiger partial charge >= 0.3 is 0 Å². The lowest BCUT2D eigenvalue weighted by molar-refractivity contribution is 0.0503. The molecule has 0 unspecified atom stereocenters. The normalized spacial score (nSPS) is 20.2. The Bertz CT molecular complexity index is 340. The minimum Gasteiger partial charge on any atom is -0.478 e. The Kier molecular flexibility index (Phi) is 3.80. The number of aliphatic hydroxyl groups excluding tert-OH is 1. The van der Waals surface area contributed by atoms with Gasteiger partial charge in [-0.2, -0.15) is 0 Å². The molecule has 16 heavy (non-hydrogen) atoms. The van der Waals surface area contributed by atoms with Crippen LogP contribution in [0.25, 0.3) is 0 Å². The van der Waals surface area contributed by atoms with E-state index in [0.717, 1.165) is 25.1 Å². The van der Waals surface area contributed by atoms with E-state index in [9.17, 15) is 0 Å². The highest BCUT2D eigenvalue weighted by molar-refractivity contribution is 5.37. The molecule has 1 aromatic rings. The first-order chi connectivity index (χ1) is 7.86. The van der Waals surface area contributed by atoms with Crippen LogP contribution in [0.15, 0.2) is 24.3 Å². The smallest absolute Gasteiger partial charge is 0.142 e. The summed E-state index contributed by atoms with van der Waals surface area (Å²) >= 11 is 0. The Balaban J connectivity index is 2.16. The molecule has 3 heteroatoms. The van der Waals surface area contributed by atoms with Crippen LogP contribution in [0.3, 0.4) is 0 Å². The second kappa shape index (κ2) is 5.32. The average molecular weight is 221 g/mol. The maximum atomic E-state index is 8.88. The second-order valence-corrected chi connectivity index (χ2v) is 4.12. The minimum atomic E-state index is 0.245. The molecule has 0 saturated carbocycles. The molecule has 88 valence electrons. The van der Waals surface area contributed by atoms with Crippen LogP contribution in [-0.2, 0) is 0 Å². The Hall–Kier alpha value is -1.06. The van der Waals surface area contributed by atoms with Gasteiger partial charge in [-0.15, -0.1) is 0 Å². The van der Waals surface area contributed by atoms with Crippen molar-refractivity contribution in [1.82, 2.24) is 4.90 Å². The summed E-state index contributed by atoms with van der Waals surface area (Å²) in [5.74, 6) is 1.01. The van der Waals surface area contributed by atoms with Crippen molar-refractivity contribution in [3.05, 3.63) is 29.8 Å². The van der Waals surface area contributed by atoms with E-state index in [1.54, 1.807) is 0 Å². The average Bonchev–Trinajstić information content (AvgIpc) is 2.35. The number of ether oxygens (including phenoxy) is 1. The molecule has 0 bridgehead atoms. The van der Waals surface area contributed by atoms with Crippen molar-refractivity contribution in [2.75, 3.05) is 19.9 Å². The van der Waals surface area contributed by atoms with Gasteiger partial charge in [-0.05, 0) is 18.9 Å². The molecule has 0 saturated heterocycles. The highest BCUT2D eigenvalue weighted by Crippen LogP contribution is 2.35. The van der Waals surface area contributed by atoms with Gasteiger partial charge in [-0.3, -0.25) is 4.90 Å². The largest absolute Gasteiger partial charge is 0.478 e. The van der Waals surface area contributed by atoms with Gasteiger partial charge in [0.2, 0.25) is 0 Å². The molecule has 1 aliphatic rings. The van der Waals surface area contributed by atoms with Crippen LogP contribution in [-0.4, -0.2) is 29.9 Å². The molecular formula is C13H19NO2. The molecule has 0 spiro atoms. The van der Waals surface area contributed by atoms with Crippen LogP contribution in [0.4, 0.5) is 0 Å². The fourth-order valence-corrected chi connectivity index (χ4v) is 2.30. The zero-order chi connectivity index (χ0) is 11.4. The molecule has 3 nitrogen and oxygen atoms in total. The Labute approximate surface area is 96.6 Å². The molecule has 1 aliphatic heterocycles. The van der Waals surface area contributed by atoms with Crippen LogP contribution in [0.5, 0.6) is 5.75 Å². The lowest BCUT2D eigenvalue weighted by atomic mass is 10.0. The molecule has 0 aliphatic carbocycles. The van der Waals surface area contributed by atoms with Gasteiger partial charge in [0.05, 0.1) is 0 Å². The van der Waals surface area contributed by atoms with Crippen molar-refractivity contribution in [3.8, 4) is 5.75 Å². The first kappa shape index (κ1) is 11.4. The fourth-order valence-electron chi connectivity index (χ4n) is 2.30. The van der Waals surface area contributed by atoms with E-state index in [2.05, 4.69) is 24.0 Å². The number of para-hydroxylation sites is 1. The van der Waals surface area contributed by atoms with E-state index in [1.165, 1.54) is 5.56 Å². The molecule has 1 N–H and O–H groups in total. The first-order valence-corrected chi connectivity index (χ1v) is 5.93. The standard InChI is InChI=1S/C13H19NO2/c1-2-12-11-6-3-4-7-13(11)16-10-14(12)8-5-9-15/h3-4,6-7,12,15H,2,5,8-10H2,1H3/t12-/m0/s1. The van der Waals surface area contributed by atoms with E-state index in [0.29, 0.717) is 12.8 Å². The molecule has 1 atom stereocenters. The third-order valence-electron chi connectivity index (χ3n) is 3.09. The van der Waals surface area contributed by atoms with Crippen molar-refractivity contribution in [3.63, 3.8) is 0 Å². The summed E-state index contributed by atoms with van der Waals surface area (Å²) in [5, 5.41) is 8.88. The van der Waals surface area contributed by atoms with E-state index in [4.69, 9.17) is 9.84 Å². The van der Waals surface area contributed by atoms with Crippen molar-refractivity contribution in [2.24, 2.45) is 0 Å². The zero-order valence-electron chi connectivity index (χ0n) is 9.72. The molecule has 1 aromatic carbocycles. The lowest BCUT2D eigenvalue weighted by Crippen LogP contribution is -2.37. The highest BCUT2D eigenvalue weighted by atomic mass is 16.5. The van der Waals surface area contributed by atoms with Crippen LogP contribution < -0.4 is 4.74 Å². The molecule has 1 heterocycles. The third kappa shape index (κ3) is 2.20. The van der Waals surface area contributed by atoms with Gasteiger partial charge < -0.3 is 9.84 Å². The number of aliphatic hydroxyl groups is 1. The SMILES string of the molecule is CC[C@H]1c2ccccc2OCN1CCCO. The fraction of sp³-hybridized carbons (Fsp3) is 0.538. The summed E-state index contributed by atoms with van der Waals surface area (Å²) < 4.78 is 5.71. The van der Waals surface area contributed by atoms with Gasteiger partial charge in [-0.25, -0.2) is 0 Å². The molecular weight excluding hydrogens is 202 g/mol. The maximum absolute atomic E-state index is 8.88. The van der Waals surface area contributed by atoms with Crippen LogP contribution in [0, 0.1) is 0 Å². The van der Waals surface area contributed by atoms with E-state index < -0.39 is 0 Å². The number of rotatable bonds is 4. The third-order valence-corrected chi connectivity index (χ3v) is 3.09. The molecule has 0 amide bonds. The summed E-state index contributed by atoms with van der Waals surface area (Å²) in [6.45, 7) is 3.96. The van der Waals surface area contributed by atoms with Gasteiger partial charge in [0, 0.05) is 24.8 Å². The Morgan fingerprint density at radius 2 is 2.25 bits per heavy atom. The first-order valence-electron chi connectivity index (χ1n) is 5.93. The summed E-state index contributed by atoms with van der Waals surface area (Å²) in [5.41, 5.74) is 1.27. The summed E-state index contributed by atoms with van der Waals surface area (Å²) in [6.07, 6.45) is 1.88. The maximum Gasteiger partial charge on any atom is 0.142 e. The summed E-state index contributed by atoms with van der Waals surface area (Å²) in [6, 6.07) is 8.65. The summed E-state index contributed by atoms with van der Waals surface area (Å²) in [7, 11) is 0. The van der Waals surface area contributed by atoms with Crippen molar-refractivity contribution in [1.29, 1.82) is 0 Å². The van der Waals surface area contributed by atoms with Crippen molar-refractivity contribution < 1.29 is 9.84 Å². The lowest BCUT2D eigenvalue weighted by Gasteiger charge is -2.36. The molecule has 0 radical (unpaired) electrons. The van der Waals surface area contributed by atoms with Gasteiger partial charge in [0.1, 0.15) is 12.5 Å². The predicted molar refractivity (Wildman–Crippen MR) is 63.4 cm³/mol. The molecule has 0 fully saturated rings. The second-order valence-electron chi connectivity index (χ2n) is 4.12. The monoisotopic (exact) mass is 221 g/mol. The number of hydrogen-bond acceptors (Lipinski definition) is 3. The van der Waals surface area contributed by atoms with Crippen LogP contribution in [0.1, 0.15) is 31.4 Å². The van der Waals surface area contributed by atoms with E-state index in [1.807, 2.05) is 12.1 Å². The Morgan fingerprint density at radius 3 is 3.00 bits per heavy atom. The van der Waals surface area contributed by atoms with Crippen molar-refractivity contribution >= 4 is 0 Å². The van der Waals surface area contributed by atoms with Crippen LogP contribution >= 0.6 is 0 Å². The minimum absolute atomic E-state index is 0.245. The topological polar surface area (TPSA) is 32.7 Å². The predicted octanol–water partition coefficient (Wildman–Crippen LogP) is 2.17. The highest BCUT2D eigenvalue weighted by Gasteiger charge is 2.26. The van der Waals surface area contributed by atoms with Crippen molar-refractivity contribution in [2.45, 2.75) is 25.8 Å². The number of nitrogens with zero attached hydrogens (tertiary/aromatic N) is 1. The van der Waals surface area contributed by atoms with Gasteiger partial charge in [0.25, 0.3) is 0 Å².